The van der Waals surface area contributed by atoms with Gasteiger partial charge in [-0.1, -0.05) is 0 Å². The van der Waals surface area contributed by atoms with Gasteiger partial charge in [-0.05, 0) is 25.0 Å². The molecule has 0 radical (unpaired) electrons. The molecule has 0 atom stereocenters. The number of rotatable bonds is 4. The summed E-state index contributed by atoms with van der Waals surface area (Å²) in [6, 6.07) is 4.80. The molecule has 2 aromatic heterocycles. The van der Waals surface area contributed by atoms with Crippen molar-refractivity contribution in [3.63, 3.8) is 0 Å². The topological polar surface area (TPSA) is 71.8 Å². The molecule has 4 rings (SSSR count). The highest BCUT2D eigenvalue weighted by molar-refractivity contribution is 5.38. The van der Waals surface area contributed by atoms with Crippen LogP contribution in [0.15, 0.2) is 18.5 Å². The van der Waals surface area contributed by atoms with E-state index in [-0.39, 0.29) is 0 Å². The van der Waals surface area contributed by atoms with Gasteiger partial charge in [0.2, 0.25) is 0 Å². The molecule has 1 saturated carbocycles. The molecule has 2 aliphatic rings. The maximum atomic E-state index is 4.34. The van der Waals surface area contributed by atoms with Crippen molar-refractivity contribution in [3.05, 3.63) is 30.0 Å². The van der Waals surface area contributed by atoms with E-state index in [2.05, 4.69) is 41.2 Å². The summed E-state index contributed by atoms with van der Waals surface area (Å²) in [5, 5.41) is 20.1. The van der Waals surface area contributed by atoms with E-state index < -0.39 is 0 Å². The average Bonchev–Trinajstić information content (AvgIpc) is 3.21. The lowest BCUT2D eigenvalue weighted by molar-refractivity contribution is 0.553. The second-order valence-electron chi connectivity index (χ2n) is 5.40. The summed E-state index contributed by atoms with van der Waals surface area (Å²) in [4.78, 5) is 2.19. The number of anilines is 1. The lowest BCUT2D eigenvalue weighted by Gasteiger charge is -2.27. The largest absolute Gasteiger partial charge is 0.346 e. The highest BCUT2D eigenvalue weighted by Gasteiger charge is 2.21. The zero-order valence-corrected chi connectivity index (χ0v) is 11.2. The van der Waals surface area contributed by atoms with E-state index in [9.17, 15) is 0 Å². The molecule has 0 amide bonds. The van der Waals surface area contributed by atoms with Crippen LogP contribution in [0.5, 0.6) is 0 Å². The van der Waals surface area contributed by atoms with E-state index in [0.717, 1.165) is 43.5 Å². The van der Waals surface area contributed by atoms with E-state index in [0.29, 0.717) is 6.04 Å². The lowest BCUT2D eigenvalue weighted by Crippen LogP contribution is -2.34. The molecule has 1 N–H and O–H groups in total. The SMILES string of the molecule is c1cc(N2CCn3cnnc3C2)nnc1CNC1CC1. The van der Waals surface area contributed by atoms with E-state index in [1.807, 2.05) is 6.07 Å². The van der Waals surface area contributed by atoms with Gasteiger partial charge < -0.3 is 14.8 Å². The van der Waals surface area contributed by atoms with Crippen molar-refractivity contribution in [2.75, 3.05) is 11.4 Å². The Morgan fingerprint density at radius 1 is 1.15 bits per heavy atom. The Morgan fingerprint density at radius 3 is 2.90 bits per heavy atom. The molecule has 0 unspecified atom stereocenters. The van der Waals surface area contributed by atoms with Gasteiger partial charge in [-0.15, -0.1) is 15.3 Å². The number of hydrogen-bond donors (Lipinski definition) is 1. The average molecular weight is 271 g/mol. The van der Waals surface area contributed by atoms with Crippen molar-refractivity contribution < 1.29 is 0 Å². The molecule has 1 aliphatic carbocycles. The summed E-state index contributed by atoms with van der Waals surface area (Å²) in [6.07, 6.45) is 4.37. The molecule has 3 heterocycles. The molecule has 0 aromatic carbocycles. The van der Waals surface area contributed by atoms with E-state index in [4.69, 9.17) is 0 Å². The first-order valence-corrected chi connectivity index (χ1v) is 7.06. The summed E-state index contributed by atoms with van der Waals surface area (Å²) in [5.41, 5.74) is 1.00. The first-order chi connectivity index (χ1) is 9.88. The number of aromatic nitrogens is 5. The third-order valence-electron chi connectivity index (χ3n) is 3.82. The minimum absolute atomic E-state index is 0.699. The van der Waals surface area contributed by atoms with Crippen LogP contribution in [0.4, 0.5) is 5.82 Å². The third kappa shape index (κ3) is 2.36. The van der Waals surface area contributed by atoms with Crippen LogP contribution in [0.2, 0.25) is 0 Å². The fraction of sp³-hybridized carbons (Fsp3) is 0.538. The van der Waals surface area contributed by atoms with Crippen LogP contribution >= 0.6 is 0 Å². The summed E-state index contributed by atoms with van der Waals surface area (Å²) < 4.78 is 2.08. The zero-order chi connectivity index (χ0) is 13.4. The molecule has 1 aliphatic heterocycles. The Balaban J connectivity index is 1.43. The number of nitrogens with one attached hydrogen (secondary N) is 1. The zero-order valence-electron chi connectivity index (χ0n) is 11.2. The Labute approximate surface area is 117 Å². The van der Waals surface area contributed by atoms with Crippen molar-refractivity contribution in [2.45, 2.75) is 38.5 Å². The quantitative estimate of drug-likeness (QED) is 0.864. The van der Waals surface area contributed by atoms with Gasteiger partial charge in [-0.25, -0.2) is 0 Å². The lowest BCUT2D eigenvalue weighted by atomic mass is 10.3. The molecule has 0 spiro atoms. The number of hydrogen-bond acceptors (Lipinski definition) is 6. The molecule has 1 fully saturated rings. The normalized spacial score (nSPS) is 18.1. The van der Waals surface area contributed by atoms with Crippen molar-refractivity contribution in [2.24, 2.45) is 0 Å². The molecular formula is C13H17N7. The standard InChI is InChI=1S/C13H17N7/c1-2-10(1)14-7-11-3-4-12(18-16-11)19-5-6-20-9-15-17-13(20)8-19/h3-4,9-10,14H,1-2,5-8H2. The Bertz CT molecular complexity index is 587. The minimum Gasteiger partial charge on any atom is -0.346 e. The highest BCUT2D eigenvalue weighted by Crippen LogP contribution is 2.20. The molecule has 2 aromatic rings. The van der Waals surface area contributed by atoms with E-state index in [1.165, 1.54) is 12.8 Å². The fourth-order valence-corrected chi connectivity index (χ4v) is 2.41. The van der Waals surface area contributed by atoms with Crippen LogP contribution in [-0.2, 0) is 19.6 Å². The molecule has 0 bridgehead atoms. The van der Waals surface area contributed by atoms with Crippen LogP contribution in [0, 0.1) is 0 Å². The molecule has 20 heavy (non-hydrogen) atoms. The van der Waals surface area contributed by atoms with Gasteiger partial charge >= 0.3 is 0 Å². The van der Waals surface area contributed by atoms with E-state index >= 15 is 0 Å². The molecular weight excluding hydrogens is 254 g/mol. The van der Waals surface area contributed by atoms with Gasteiger partial charge in [0.1, 0.15) is 6.33 Å². The molecule has 0 saturated heterocycles. The number of fused-ring (bicyclic) bond motifs is 1. The van der Waals surface area contributed by atoms with Crippen molar-refractivity contribution >= 4 is 5.82 Å². The van der Waals surface area contributed by atoms with Crippen LogP contribution in [0.25, 0.3) is 0 Å². The smallest absolute Gasteiger partial charge is 0.152 e. The summed E-state index contributed by atoms with van der Waals surface area (Å²) in [6.45, 7) is 3.37. The monoisotopic (exact) mass is 271 g/mol. The fourth-order valence-electron chi connectivity index (χ4n) is 2.41. The first-order valence-electron chi connectivity index (χ1n) is 7.06. The molecule has 7 nitrogen and oxygen atoms in total. The van der Waals surface area contributed by atoms with Gasteiger partial charge in [0.15, 0.2) is 11.6 Å². The minimum atomic E-state index is 0.699. The van der Waals surface area contributed by atoms with Gasteiger partial charge in [0.25, 0.3) is 0 Å². The third-order valence-corrected chi connectivity index (χ3v) is 3.82. The second kappa shape index (κ2) is 4.82. The highest BCUT2D eigenvalue weighted by atomic mass is 15.3. The van der Waals surface area contributed by atoms with Gasteiger partial charge in [-0.2, -0.15) is 5.10 Å². The Hall–Kier alpha value is -2.02. The predicted octanol–water partition coefficient (Wildman–Crippen LogP) is 0.340. The van der Waals surface area contributed by atoms with Gasteiger partial charge in [0, 0.05) is 25.7 Å². The summed E-state index contributed by atoms with van der Waals surface area (Å²) in [7, 11) is 0. The maximum Gasteiger partial charge on any atom is 0.152 e. The molecule has 104 valence electrons. The second-order valence-corrected chi connectivity index (χ2v) is 5.40. The van der Waals surface area contributed by atoms with Gasteiger partial charge in [0.05, 0.1) is 12.2 Å². The van der Waals surface area contributed by atoms with Crippen LogP contribution < -0.4 is 10.2 Å². The summed E-state index contributed by atoms with van der Waals surface area (Å²) in [5.74, 6) is 1.90. The van der Waals surface area contributed by atoms with E-state index in [1.54, 1.807) is 6.33 Å². The van der Waals surface area contributed by atoms with Crippen molar-refractivity contribution in [3.8, 4) is 0 Å². The molecule has 7 heteroatoms. The Morgan fingerprint density at radius 2 is 2.10 bits per heavy atom. The van der Waals surface area contributed by atoms with Crippen LogP contribution in [-0.4, -0.2) is 37.5 Å². The first kappa shape index (κ1) is 11.8. The van der Waals surface area contributed by atoms with Crippen molar-refractivity contribution in [1.29, 1.82) is 0 Å². The predicted molar refractivity (Wildman–Crippen MR) is 73.0 cm³/mol. The number of nitrogens with zero attached hydrogens (tertiary/aromatic N) is 6. The maximum absolute atomic E-state index is 4.34. The van der Waals surface area contributed by atoms with Crippen molar-refractivity contribution in [1.82, 2.24) is 30.3 Å². The van der Waals surface area contributed by atoms with Crippen LogP contribution in [0.1, 0.15) is 24.4 Å². The van der Waals surface area contributed by atoms with Crippen LogP contribution in [0.3, 0.4) is 0 Å². The Kier molecular flexibility index (Phi) is 2.84. The summed E-state index contributed by atoms with van der Waals surface area (Å²) >= 11 is 0. The van der Waals surface area contributed by atoms with Gasteiger partial charge in [-0.3, -0.25) is 0 Å².